The van der Waals surface area contributed by atoms with E-state index >= 15 is 0 Å². The minimum absolute atomic E-state index is 0.218. The van der Waals surface area contributed by atoms with Crippen LogP contribution in [0.25, 0.3) is 0 Å². The Bertz CT molecular complexity index is 473. The Morgan fingerprint density at radius 1 is 1.44 bits per heavy atom. The van der Waals surface area contributed by atoms with Gasteiger partial charge < -0.3 is 9.42 Å². The van der Waals surface area contributed by atoms with Crippen LogP contribution in [0.1, 0.15) is 18.9 Å². The van der Waals surface area contributed by atoms with Gasteiger partial charge in [-0.15, -0.1) is 0 Å². The Balaban J connectivity index is 2.41. The first-order chi connectivity index (χ1) is 8.59. The molecule has 0 aliphatic rings. The van der Waals surface area contributed by atoms with Crippen LogP contribution in [0.2, 0.25) is 0 Å². The summed E-state index contributed by atoms with van der Waals surface area (Å²) in [4.78, 5) is 19.9. The molecule has 4 nitrogen and oxygen atoms in total. The second kappa shape index (κ2) is 7.84. The molecule has 0 fully saturated rings. The first-order valence-corrected chi connectivity index (χ1v) is 6.78. The summed E-state index contributed by atoms with van der Waals surface area (Å²) in [6.07, 6.45) is 0.406. The molecule has 2 unspecified atom stereocenters. The highest BCUT2D eigenvalue weighted by Crippen LogP contribution is 2.15. The fourth-order valence-electron chi connectivity index (χ4n) is 1.22. The molecule has 1 aromatic rings. The van der Waals surface area contributed by atoms with Gasteiger partial charge in [-0.2, -0.15) is 0 Å². The maximum absolute atomic E-state index is 11.5. The van der Waals surface area contributed by atoms with E-state index in [-0.39, 0.29) is 18.3 Å². The van der Waals surface area contributed by atoms with Gasteiger partial charge in [0.2, 0.25) is 0 Å². The molecule has 0 amide bonds. The predicted octanol–water partition coefficient (Wildman–Crippen LogP) is 2.03. The summed E-state index contributed by atoms with van der Waals surface area (Å²) in [6, 6.07) is 9.48. The lowest BCUT2D eigenvalue weighted by atomic mass is 10.0. The Morgan fingerprint density at radius 2 is 2.11 bits per heavy atom. The van der Waals surface area contributed by atoms with Crippen molar-refractivity contribution in [2.45, 2.75) is 13.3 Å². The second-order valence-electron chi connectivity index (χ2n) is 3.79. The number of ketones is 1. The largest absolute Gasteiger partial charge is 0.326 e. The van der Waals surface area contributed by atoms with Crippen LogP contribution < -0.4 is 0 Å². The van der Waals surface area contributed by atoms with Gasteiger partial charge in [0.15, 0.2) is 5.78 Å². The first-order valence-electron chi connectivity index (χ1n) is 5.52. The Labute approximate surface area is 107 Å². The van der Waals surface area contributed by atoms with Crippen LogP contribution in [0.15, 0.2) is 30.3 Å². The number of Topliss-reactive ketones (excluding diaryl/α,β-unsaturated/α-hetero) is 1. The lowest BCUT2D eigenvalue weighted by Crippen LogP contribution is -2.15. The van der Waals surface area contributed by atoms with E-state index < -0.39 is 8.25 Å². The Hall–Kier alpha value is -1.40. The summed E-state index contributed by atoms with van der Waals surface area (Å²) >= 11 is 0. The van der Waals surface area contributed by atoms with Crippen molar-refractivity contribution in [2.24, 2.45) is 5.92 Å². The summed E-state index contributed by atoms with van der Waals surface area (Å²) in [6.45, 7) is 1.39. The number of benzene rings is 1. The molecule has 1 aromatic carbocycles. The topological polar surface area (TPSA) is 63.6 Å². The summed E-state index contributed by atoms with van der Waals surface area (Å²) in [5, 5.41) is 0. The van der Waals surface area contributed by atoms with Gasteiger partial charge in [0.25, 0.3) is 0 Å². The van der Waals surface area contributed by atoms with E-state index in [9.17, 15) is 9.36 Å². The highest BCUT2D eigenvalue weighted by molar-refractivity contribution is 7.32. The van der Waals surface area contributed by atoms with Crippen molar-refractivity contribution in [3.63, 3.8) is 0 Å². The third-order valence-electron chi connectivity index (χ3n) is 2.30. The zero-order valence-electron chi connectivity index (χ0n) is 10.1. The highest BCUT2D eigenvalue weighted by Gasteiger charge is 2.12. The molecule has 1 N–H and O–H groups in total. The molecule has 0 heterocycles. The van der Waals surface area contributed by atoms with Crippen molar-refractivity contribution >= 4 is 14.0 Å². The highest BCUT2D eigenvalue weighted by atomic mass is 31.1. The van der Waals surface area contributed by atoms with Crippen LogP contribution in [0.3, 0.4) is 0 Å². The molecule has 1 rings (SSSR count). The molecule has 2 atom stereocenters. The van der Waals surface area contributed by atoms with E-state index in [1.54, 1.807) is 6.92 Å². The molecule has 0 aromatic heterocycles. The van der Waals surface area contributed by atoms with E-state index in [0.717, 1.165) is 5.56 Å². The summed E-state index contributed by atoms with van der Waals surface area (Å²) in [5.74, 6) is 5.34. The van der Waals surface area contributed by atoms with E-state index in [4.69, 9.17) is 4.89 Å². The molecule has 5 heteroatoms. The number of carbonyl (C=O) groups excluding carboxylic acids is 1. The molecule has 0 radical (unpaired) electrons. The van der Waals surface area contributed by atoms with Crippen molar-refractivity contribution in [2.75, 3.05) is 6.61 Å². The predicted molar refractivity (Wildman–Crippen MR) is 69.3 cm³/mol. The third kappa shape index (κ3) is 5.79. The molecule has 0 spiro atoms. The summed E-state index contributed by atoms with van der Waals surface area (Å²) in [7, 11) is -3.03. The van der Waals surface area contributed by atoms with E-state index in [0.29, 0.717) is 6.42 Å². The maximum atomic E-state index is 11.5. The molecule has 18 heavy (non-hydrogen) atoms. The van der Waals surface area contributed by atoms with Crippen LogP contribution in [-0.4, -0.2) is 17.3 Å². The standard InChI is InChI=1S/C13H15O4P/c1-11(13(14)10-17-18(15)16)6-5-9-12-7-3-2-4-8-12/h2-4,7-8,11,18H,6,10H2,1H3,(H,15,16). The molecular weight excluding hydrogens is 251 g/mol. The van der Waals surface area contributed by atoms with Gasteiger partial charge >= 0.3 is 8.25 Å². The van der Waals surface area contributed by atoms with Crippen molar-refractivity contribution in [1.82, 2.24) is 0 Å². The Morgan fingerprint density at radius 3 is 2.72 bits per heavy atom. The average molecular weight is 266 g/mol. The van der Waals surface area contributed by atoms with E-state index in [2.05, 4.69) is 16.4 Å². The Kier molecular flexibility index (Phi) is 6.38. The van der Waals surface area contributed by atoms with Gasteiger partial charge in [-0.05, 0) is 12.1 Å². The monoisotopic (exact) mass is 266 g/mol. The molecule has 0 aliphatic heterocycles. The van der Waals surface area contributed by atoms with Crippen LogP contribution >= 0.6 is 8.25 Å². The first kappa shape index (κ1) is 14.7. The van der Waals surface area contributed by atoms with Gasteiger partial charge in [-0.1, -0.05) is 37.0 Å². The van der Waals surface area contributed by atoms with Gasteiger partial charge in [0.05, 0.1) is 0 Å². The SMILES string of the molecule is CC(CC#Cc1ccccc1)C(=O)CO[PH](=O)O. The quantitative estimate of drug-likeness (QED) is 0.654. The lowest BCUT2D eigenvalue weighted by molar-refractivity contribution is -0.124. The fourth-order valence-corrected chi connectivity index (χ4v) is 1.48. The number of hydrogen-bond donors (Lipinski definition) is 1. The van der Waals surface area contributed by atoms with Crippen LogP contribution in [-0.2, 0) is 13.9 Å². The van der Waals surface area contributed by atoms with E-state index in [1.807, 2.05) is 30.3 Å². The second-order valence-corrected chi connectivity index (χ2v) is 4.61. The smallest absolute Gasteiger partial charge is 0.317 e. The normalized spacial score (nSPS) is 13.2. The number of hydrogen-bond acceptors (Lipinski definition) is 3. The summed E-state index contributed by atoms with van der Waals surface area (Å²) < 4.78 is 14.7. The van der Waals surface area contributed by atoms with Crippen molar-refractivity contribution in [3.8, 4) is 11.8 Å². The van der Waals surface area contributed by atoms with Crippen LogP contribution in [0, 0.1) is 17.8 Å². The molecule has 0 saturated heterocycles. The molecule has 0 bridgehead atoms. The van der Waals surface area contributed by atoms with Crippen molar-refractivity contribution < 1.29 is 18.8 Å². The summed E-state index contributed by atoms with van der Waals surface area (Å²) in [5.41, 5.74) is 0.897. The zero-order chi connectivity index (χ0) is 13.4. The lowest BCUT2D eigenvalue weighted by Gasteiger charge is -2.05. The van der Waals surface area contributed by atoms with Gasteiger partial charge in [0.1, 0.15) is 6.61 Å². The average Bonchev–Trinajstić information content (AvgIpc) is 2.37. The van der Waals surface area contributed by atoms with Crippen LogP contribution in [0.4, 0.5) is 0 Å². The molecule has 96 valence electrons. The molecule has 0 saturated carbocycles. The molecule has 0 aliphatic carbocycles. The van der Waals surface area contributed by atoms with Gasteiger partial charge in [-0.3, -0.25) is 9.36 Å². The van der Waals surface area contributed by atoms with Gasteiger partial charge in [-0.25, -0.2) is 0 Å². The van der Waals surface area contributed by atoms with Crippen molar-refractivity contribution in [1.29, 1.82) is 0 Å². The minimum atomic E-state index is -3.03. The fraction of sp³-hybridized carbons (Fsp3) is 0.308. The van der Waals surface area contributed by atoms with Crippen molar-refractivity contribution in [3.05, 3.63) is 35.9 Å². The number of rotatable bonds is 5. The van der Waals surface area contributed by atoms with Gasteiger partial charge in [0, 0.05) is 17.9 Å². The van der Waals surface area contributed by atoms with Crippen LogP contribution in [0.5, 0.6) is 0 Å². The maximum Gasteiger partial charge on any atom is 0.317 e. The minimum Gasteiger partial charge on any atom is -0.326 e. The van der Waals surface area contributed by atoms with E-state index in [1.165, 1.54) is 0 Å². The number of carbonyl (C=O) groups is 1. The zero-order valence-corrected chi connectivity index (χ0v) is 11.1. The third-order valence-corrected chi connectivity index (χ3v) is 2.69. The molecular formula is C13H15O4P.